The molecule has 0 bridgehead atoms. The fourth-order valence-corrected chi connectivity index (χ4v) is 3.63. The predicted octanol–water partition coefficient (Wildman–Crippen LogP) is 2.71. The van der Waals surface area contributed by atoms with Gasteiger partial charge in [0.15, 0.2) is 0 Å². The largest absolute Gasteiger partial charge is 0.288 e. The summed E-state index contributed by atoms with van der Waals surface area (Å²) in [5.41, 5.74) is 2.41. The molecule has 0 aromatic carbocycles. The van der Waals surface area contributed by atoms with E-state index in [0.717, 1.165) is 17.1 Å². The Balaban J connectivity index is 1.69. The third-order valence-electron chi connectivity index (χ3n) is 3.89. The maximum absolute atomic E-state index is 11.3. The number of hydroxylamine groups is 1. The second-order valence-corrected chi connectivity index (χ2v) is 6.52. The van der Waals surface area contributed by atoms with Crippen LogP contribution < -0.4 is 5.48 Å². The van der Waals surface area contributed by atoms with Crippen molar-refractivity contribution in [2.24, 2.45) is 5.92 Å². The molecular weight excluding hydrogens is 288 g/mol. The first-order valence-corrected chi connectivity index (χ1v) is 8.02. The van der Waals surface area contributed by atoms with Gasteiger partial charge in [0, 0.05) is 6.54 Å². The van der Waals surface area contributed by atoms with Crippen LogP contribution in [0.3, 0.4) is 0 Å². The van der Waals surface area contributed by atoms with Crippen LogP contribution in [0.2, 0.25) is 0 Å². The standard InChI is InChI=1S/C14H18N4O2S/c19-14(16-20)13-7-6-12(21-13)11-9-18(17-15-11)8-10-4-2-1-3-5-10/h6-7,9-10,20H,1-5,8H2,(H,16,19). The SMILES string of the molecule is O=C(NO)c1ccc(-c2cn(CC3CCCCC3)nn2)s1. The van der Waals surface area contributed by atoms with Crippen molar-refractivity contribution in [3.63, 3.8) is 0 Å². The van der Waals surface area contributed by atoms with Gasteiger partial charge in [-0.2, -0.15) is 0 Å². The monoisotopic (exact) mass is 306 g/mol. The van der Waals surface area contributed by atoms with Crippen molar-refractivity contribution in [1.29, 1.82) is 0 Å². The van der Waals surface area contributed by atoms with Crippen LogP contribution in [0.15, 0.2) is 18.3 Å². The van der Waals surface area contributed by atoms with Gasteiger partial charge in [-0.3, -0.25) is 14.7 Å². The van der Waals surface area contributed by atoms with Crippen LogP contribution in [-0.4, -0.2) is 26.1 Å². The summed E-state index contributed by atoms with van der Waals surface area (Å²) in [6.45, 7) is 0.919. The fourth-order valence-electron chi connectivity index (χ4n) is 2.79. The smallest absolute Gasteiger partial charge is 0.284 e. The van der Waals surface area contributed by atoms with Crippen LogP contribution in [0, 0.1) is 5.92 Å². The number of hydrogen-bond donors (Lipinski definition) is 2. The molecule has 1 aliphatic rings. The lowest BCUT2D eigenvalue weighted by Gasteiger charge is -2.20. The third kappa shape index (κ3) is 3.30. The molecule has 1 aliphatic carbocycles. The van der Waals surface area contributed by atoms with Gasteiger partial charge < -0.3 is 0 Å². The van der Waals surface area contributed by atoms with Crippen molar-refractivity contribution in [1.82, 2.24) is 20.5 Å². The van der Waals surface area contributed by atoms with E-state index in [0.29, 0.717) is 10.8 Å². The van der Waals surface area contributed by atoms with Crippen LogP contribution in [0.4, 0.5) is 0 Å². The third-order valence-corrected chi connectivity index (χ3v) is 5.00. The van der Waals surface area contributed by atoms with E-state index in [2.05, 4.69) is 10.3 Å². The number of thiophene rings is 1. The van der Waals surface area contributed by atoms with Gasteiger partial charge in [0.05, 0.1) is 16.0 Å². The van der Waals surface area contributed by atoms with Gasteiger partial charge in [-0.05, 0) is 30.9 Å². The summed E-state index contributed by atoms with van der Waals surface area (Å²) in [4.78, 5) is 12.7. The molecule has 2 N–H and O–H groups in total. The highest BCUT2D eigenvalue weighted by atomic mass is 32.1. The second-order valence-electron chi connectivity index (χ2n) is 5.43. The average molecular weight is 306 g/mol. The molecule has 7 heteroatoms. The number of nitrogens with one attached hydrogen (secondary N) is 1. The lowest BCUT2D eigenvalue weighted by atomic mass is 9.89. The number of carbonyl (C=O) groups excluding carboxylic acids is 1. The van der Waals surface area contributed by atoms with Crippen LogP contribution in [0.5, 0.6) is 0 Å². The van der Waals surface area contributed by atoms with Gasteiger partial charge in [0.1, 0.15) is 5.69 Å². The first kappa shape index (κ1) is 14.2. The molecule has 0 aliphatic heterocycles. The highest BCUT2D eigenvalue weighted by Gasteiger charge is 2.16. The summed E-state index contributed by atoms with van der Waals surface area (Å²) in [5.74, 6) is 0.202. The molecule has 6 nitrogen and oxygen atoms in total. The van der Waals surface area contributed by atoms with Crippen molar-refractivity contribution in [2.75, 3.05) is 0 Å². The Bertz CT molecular complexity index is 616. The van der Waals surface area contributed by atoms with E-state index < -0.39 is 5.91 Å². The van der Waals surface area contributed by atoms with Crippen molar-refractivity contribution in [2.45, 2.75) is 38.6 Å². The number of nitrogens with zero attached hydrogens (tertiary/aromatic N) is 3. The lowest BCUT2D eigenvalue weighted by Crippen LogP contribution is -2.16. The van der Waals surface area contributed by atoms with Crippen molar-refractivity contribution in [3.05, 3.63) is 23.2 Å². The Hall–Kier alpha value is -1.73. The van der Waals surface area contributed by atoms with E-state index >= 15 is 0 Å². The molecule has 0 atom stereocenters. The molecular formula is C14H18N4O2S. The van der Waals surface area contributed by atoms with Crippen molar-refractivity contribution < 1.29 is 10.0 Å². The van der Waals surface area contributed by atoms with Gasteiger partial charge >= 0.3 is 0 Å². The normalized spacial score (nSPS) is 16.0. The summed E-state index contributed by atoms with van der Waals surface area (Å²) >= 11 is 1.29. The Morgan fingerprint density at radius 2 is 2.19 bits per heavy atom. The summed E-state index contributed by atoms with van der Waals surface area (Å²) in [5, 5.41) is 17.0. The zero-order valence-electron chi connectivity index (χ0n) is 11.7. The summed E-state index contributed by atoms with van der Waals surface area (Å²) in [6.07, 6.45) is 8.46. The number of amides is 1. The lowest BCUT2D eigenvalue weighted by molar-refractivity contribution is 0.0711. The molecule has 1 amide bonds. The maximum atomic E-state index is 11.3. The molecule has 1 fully saturated rings. The number of aromatic nitrogens is 3. The number of rotatable bonds is 4. The molecule has 2 aromatic heterocycles. The van der Waals surface area contributed by atoms with E-state index in [1.165, 1.54) is 43.4 Å². The Labute approximate surface area is 126 Å². The highest BCUT2D eigenvalue weighted by molar-refractivity contribution is 7.17. The van der Waals surface area contributed by atoms with Crippen LogP contribution in [0.25, 0.3) is 10.6 Å². The van der Waals surface area contributed by atoms with Crippen molar-refractivity contribution >= 4 is 17.2 Å². The number of carbonyl (C=O) groups is 1. The first-order valence-electron chi connectivity index (χ1n) is 7.21. The molecule has 1 saturated carbocycles. The quantitative estimate of drug-likeness (QED) is 0.672. The molecule has 3 rings (SSSR count). The van der Waals surface area contributed by atoms with Gasteiger partial charge in [0.2, 0.25) is 0 Å². The zero-order valence-corrected chi connectivity index (χ0v) is 12.5. The van der Waals surface area contributed by atoms with Gasteiger partial charge in [-0.15, -0.1) is 16.4 Å². The minimum absolute atomic E-state index is 0.453. The average Bonchev–Trinajstić information content (AvgIpc) is 3.16. The number of hydrogen-bond acceptors (Lipinski definition) is 5. The fraction of sp³-hybridized carbons (Fsp3) is 0.500. The van der Waals surface area contributed by atoms with E-state index in [4.69, 9.17) is 5.21 Å². The van der Waals surface area contributed by atoms with Crippen LogP contribution in [0.1, 0.15) is 41.8 Å². The Morgan fingerprint density at radius 3 is 2.95 bits per heavy atom. The second kappa shape index (κ2) is 6.36. The molecule has 21 heavy (non-hydrogen) atoms. The summed E-state index contributed by atoms with van der Waals surface area (Å²) < 4.78 is 1.90. The van der Waals surface area contributed by atoms with E-state index in [1.54, 1.807) is 11.5 Å². The molecule has 2 aromatic rings. The minimum Gasteiger partial charge on any atom is -0.288 e. The predicted molar refractivity (Wildman–Crippen MR) is 79.2 cm³/mol. The van der Waals surface area contributed by atoms with E-state index in [1.807, 2.05) is 16.9 Å². The Kier molecular flexibility index (Phi) is 4.31. The minimum atomic E-state index is -0.499. The molecule has 0 radical (unpaired) electrons. The summed E-state index contributed by atoms with van der Waals surface area (Å²) in [6, 6.07) is 3.50. The van der Waals surface area contributed by atoms with Crippen molar-refractivity contribution in [3.8, 4) is 10.6 Å². The maximum Gasteiger partial charge on any atom is 0.284 e. The summed E-state index contributed by atoms with van der Waals surface area (Å²) in [7, 11) is 0. The topological polar surface area (TPSA) is 80.0 Å². The highest BCUT2D eigenvalue weighted by Crippen LogP contribution is 2.28. The molecule has 0 spiro atoms. The molecule has 0 unspecified atom stereocenters. The van der Waals surface area contributed by atoms with Crippen LogP contribution >= 0.6 is 11.3 Å². The van der Waals surface area contributed by atoms with Gasteiger partial charge in [0.25, 0.3) is 5.91 Å². The molecule has 112 valence electrons. The molecule has 2 heterocycles. The van der Waals surface area contributed by atoms with Crippen LogP contribution in [-0.2, 0) is 6.54 Å². The van der Waals surface area contributed by atoms with Gasteiger partial charge in [-0.1, -0.05) is 24.5 Å². The van der Waals surface area contributed by atoms with E-state index in [-0.39, 0.29) is 0 Å². The first-order chi connectivity index (χ1) is 10.3. The molecule has 0 saturated heterocycles. The zero-order chi connectivity index (χ0) is 14.7. The Morgan fingerprint density at radius 1 is 1.38 bits per heavy atom. The van der Waals surface area contributed by atoms with Gasteiger partial charge in [-0.25, -0.2) is 5.48 Å². The van der Waals surface area contributed by atoms with E-state index in [9.17, 15) is 4.79 Å².